The zero-order valence-electron chi connectivity index (χ0n) is 11.4. The summed E-state index contributed by atoms with van der Waals surface area (Å²) < 4.78 is 1.66. The number of hydrogen-bond donors (Lipinski definition) is 2. The average molecular weight is 276 g/mol. The Morgan fingerprint density at radius 1 is 1.60 bits per heavy atom. The van der Waals surface area contributed by atoms with Gasteiger partial charge < -0.3 is 10.2 Å². The number of aliphatic imine (C=N–C) groups is 1. The first-order valence-electron chi connectivity index (χ1n) is 6.10. The second-order valence-electron chi connectivity index (χ2n) is 4.60. The van der Waals surface area contributed by atoms with Crippen molar-refractivity contribution < 1.29 is 9.59 Å². The molecule has 20 heavy (non-hydrogen) atoms. The summed E-state index contributed by atoms with van der Waals surface area (Å²) >= 11 is 0. The molecule has 0 spiro atoms. The number of aromatic nitrogens is 2. The minimum Gasteiger partial charge on any atom is -0.338 e. The lowest BCUT2D eigenvalue weighted by molar-refractivity contribution is -0.124. The van der Waals surface area contributed by atoms with E-state index in [2.05, 4.69) is 22.1 Å². The third-order valence-corrected chi connectivity index (χ3v) is 3.22. The molecule has 106 valence electrons. The lowest BCUT2D eigenvalue weighted by Gasteiger charge is -2.20. The van der Waals surface area contributed by atoms with Gasteiger partial charge in [0.1, 0.15) is 6.04 Å². The summed E-state index contributed by atoms with van der Waals surface area (Å²) in [6.45, 7) is 3.12. The molecule has 2 rings (SSSR count). The number of amides is 2. The van der Waals surface area contributed by atoms with E-state index in [9.17, 15) is 9.59 Å². The predicted octanol–water partition coefficient (Wildman–Crippen LogP) is -0.508. The van der Waals surface area contributed by atoms with Crippen molar-refractivity contribution >= 4 is 30.1 Å². The second-order valence-corrected chi connectivity index (χ2v) is 4.60. The number of anilines is 1. The van der Waals surface area contributed by atoms with Crippen molar-refractivity contribution in [2.75, 3.05) is 11.9 Å². The van der Waals surface area contributed by atoms with Crippen molar-refractivity contribution in [3.05, 3.63) is 11.9 Å². The Morgan fingerprint density at radius 3 is 2.95 bits per heavy atom. The van der Waals surface area contributed by atoms with Gasteiger partial charge in [-0.05, 0) is 19.6 Å². The monoisotopic (exact) mass is 276 g/mol. The summed E-state index contributed by atoms with van der Waals surface area (Å²) in [5.74, 6) is -1.44. The summed E-state index contributed by atoms with van der Waals surface area (Å²) in [6, 6.07) is -0.686. The number of carbonyl (C=O) groups excluding carboxylic acids is 2. The molecule has 1 aliphatic rings. The van der Waals surface area contributed by atoms with Crippen LogP contribution in [0.1, 0.15) is 12.1 Å². The number of fused-ring (bicyclic) bond motifs is 1. The van der Waals surface area contributed by atoms with E-state index >= 15 is 0 Å². The summed E-state index contributed by atoms with van der Waals surface area (Å²) in [7, 11) is 3.44. The van der Waals surface area contributed by atoms with Gasteiger partial charge in [-0.3, -0.25) is 19.7 Å². The van der Waals surface area contributed by atoms with Gasteiger partial charge in [0, 0.05) is 20.3 Å². The van der Waals surface area contributed by atoms with Gasteiger partial charge in [-0.25, -0.2) is 4.99 Å². The molecule has 1 aromatic rings. The van der Waals surface area contributed by atoms with E-state index in [1.165, 1.54) is 4.90 Å². The van der Waals surface area contributed by atoms with Crippen LogP contribution in [0.15, 0.2) is 11.2 Å². The van der Waals surface area contributed by atoms with E-state index in [1.54, 1.807) is 25.0 Å². The van der Waals surface area contributed by atoms with Gasteiger partial charge >= 0.3 is 0 Å². The number of amidine groups is 1. The average Bonchev–Trinajstić information content (AvgIpc) is 2.77. The van der Waals surface area contributed by atoms with E-state index in [0.29, 0.717) is 12.8 Å². The van der Waals surface area contributed by atoms with Gasteiger partial charge in [-0.15, -0.1) is 0 Å². The standard InChI is InChI=1S/C12H16N6O2/c1-14-10(13)11(19)15-8-5-4-7-9(6-17(2)16-7)18(3)12(8)20/h6,8,13H,1,4-5H2,2-3H3,(H,15,19)/t8-/m0/s1. The van der Waals surface area contributed by atoms with Crippen LogP contribution in [-0.4, -0.2) is 47.2 Å². The SMILES string of the molecule is C=NC(=N)C(=O)N[C@H]1CCc2nn(C)cc2N(C)C1=O. The largest absolute Gasteiger partial charge is 0.338 e. The number of nitrogens with one attached hydrogen (secondary N) is 2. The van der Waals surface area contributed by atoms with Crippen molar-refractivity contribution in [2.45, 2.75) is 18.9 Å². The van der Waals surface area contributed by atoms with Crippen LogP contribution in [0.5, 0.6) is 0 Å². The highest BCUT2D eigenvalue weighted by molar-refractivity contribution is 6.38. The molecular weight excluding hydrogens is 260 g/mol. The third kappa shape index (κ3) is 2.44. The van der Waals surface area contributed by atoms with Gasteiger partial charge in [-0.1, -0.05) is 0 Å². The topological polar surface area (TPSA) is 103 Å². The molecule has 0 fully saturated rings. The first kappa shape index (κ1) is 13.9. The zero-order valence-corrected chi connectivity index (χ0v) is 11.4. The zero-order chi connectivity index (χ0) is 14.9. The normalized spacial score (nSPS) is 18.2. The van der Waals surface area contributed by atoms with Crippen molar-refractivity contribution in [1.82, 2.24) is 15.1 Å². The van der Waals surface area contributed by atoms with Gasteiger partial charge in [0.25, 0.3) is 5.91 Å². The molecule has 1 aliphatic heterocycles. The van der Waals surface area contributed by atoms with Gasteiger partial charge in [0.2, 0.25) is 11.7 Å². The molecule has 1 aromatic heterocycles. The lowest BCUT2D eigenvalue weighted by atomic mass is 10.1. The first-order valence-corrected chi connectivity index (χ1v) is 6.10. The molecule has 2 heterocycles. The van der Waals surface area contributed by atoms with Gasteiger partial charge in [0.05, 0.1) is 11.4 Å². The molecule has 0 unspecified atom stereocenters. The molecule has 2 N–H and O–H groups in total. The van der Waals surface area contributed by atoms with Crippen molar-refractivity contribution in [3.63, 3.8) is 0 Å². The molecule has 8 heteroatoms. The Bertz CT molecular complexity index is 591. The number of nitrogens with zero attached hydrogens (tertiary/aromatic N) is 4. The molecule has 1 atom stereocenters. The minimum atomic E-state index is -0.702. The van der Waals surface area contributed by atoms with Crippen LogP contribution < -0.4 is 10.2 Å². The molecule has 2 amide bonds. The van der Waals surface area contributed by atoms with Crippen LogP contribution in [0.25, 0.3) is 0 Å². The molecule has 0 radical (unpaired) electrons. The number of aryl methyl sites for hydroxylation is 2. The summed E-state index contributed by atoms with van der Waals surface area (Å²) in [4.78, 5) is 28.7. The van der Waals surface area contributed by atoms with Crippen LogP contribution in [0, 0.1) is 5.41 Å². The van der Waals surface area contributed by atoms with Crippen LogP contribution in [0.2, 0.25) is 0 Å². The molecule has 8 nitrogen and oxygen atoms in total. The van der Waals surface area contributed by atoms with Crippen LogP contribution >= 0.6 is 0 Å². The van der Waals surface area contributed by atoms with E-state index in [0.717, 1.165) is 11.4 Å². The third-order valence-electron chi connectivity index (χ3n) is 3.22. The number of carbonyl (C=O) groups is 2. The summed E-state index contributed by atoms with van der Waals surface area (Å²) in [6.07, 6.45) is 2.78. The molecule has 0 aliphatic carbocycles. The quantitative estimate of drug-likeness (QED) is 0.533. The van der Waals surface area contributed by atoms with E-state index in [1.807, 2.05) is 0 Å². The molecular formula is C12H16N6O2. The fourth-order valence-electron chi connectivity index (χ4n) is 2.17. The van der Waals surface area contributed by atoms with Crippen molar-refractivity contribution in [1.29, 1.82) is 5.41 Å². The van der Waals surface area contributed by atoms with E-state index in [4.69, 9.17) is 5.41 Å². The highest BCUT2D eigenvalue weighted by Gasteiger charge is 2.31. The van der Waals surface area contributed by atoms with Gasteiger partial charge in [-0.2, -0.15) is 5.10 Å². The van der Waals surface area contributed by atoms with Crippen LogP contribution in [0.3, 0.4) is 0 Å². The minimum absolute atomic E-state index is 0.234. The lowest BCUT2D eigenvalue weighted by Crippen LogP contribution is -2.48. The summed E-state index contributed by atoms with van der Waals surface area (Å²) in [5.41, 5.74) is 1.56. The Hall–Kier alpha value is -2.51. The maximum atomic E-state index is 12.3. The predicted molar refractivity (Wildman–Crippen MR) is 74.1 cm³/mol. The van der Waals surface area contributed by atoms with Crippen molar-refractivity contribution in [3.8, 4) is 0 Å². The maximum Gasteiger partial charge on any atom is 0.289 e. The number of likely N-dealkylation sites (N-methyl/N-ethyl adjacent to an activating group) is 1. The number of rotatable bonds is 1. The highest BCUT2D eigenvalue weighted by Crippen LogP contribution is 2.24. The van der Waals surface area contributed by atoms with Crippen LogP contribution in [-0.2, 0) is 23.1 Å². The van der Waals surface area contributed by atoms with Gasteiger partial charge in [0.15, 0.2) is 0 Å². The Morgan fingerprint density at radius 2 is 2.30 bits per heavy atom. The van der Waals surface area contributed by atoms with E-state index < -0.39 is 17.8 Å². The Kier molecular flexibility index (Phi) is 3.64. The molecule has 0 saturated heterocycles. The number of hydrogen-bond acceptors (Lipinski definition) is 4. The Labute approximate surface area is 116 Å². The van der Waals surface area contributed by atoms with E-state index in [-0.39, 0.29) is 5.91 Å². The molecule has 0 aromatic carbocycles. The molecule has 0 saturated carbocycles. The highest BCUT2D eigenvalue weighted by atomic mass is 16.2. The molecule has 0 bridgehead atoms. The van der Waals surface area contributed by atoms with Crippen LogP contribution in [0.4, 0.5) is 5.69 Å². The first-order chi connectivity index (χ1) is 9.43. The fourth-order valence-corrected chi connectivity index (χ4v) is 2.17. The second kappa shape index (κ2) is 5.24. The fraction of sp³-hybridized carbons (Fsp3) is 0.417. The summed E-state index contributed by atoms with van der Waals surface area (Å²) in [5, 5.41) is 14.1. The Balaban J connectivity index is 2.18. The maximum absolute atomic E-state index is 12.3. The van der Waals surface area contributed by atoms with Crippen molar-refractivity contribution in [2.24, 2.45) is 12.0 Å². The smallest absolute Gasteiger partial charge is 0.289 e.